The molecule has 0 saturated carbocycles. The van der Waals surface area contributed by atoms with Crippen LogP contribution in [0.3, 0.4) is 0 Å². The van der Waals surface area contributed by atoms with Gasteiger partial charge in [0.1, 0.15) is 0 Å². The predicted octanol–water partition coefficient (Wildman–Crippen LogP) is 4.89. The number of benzene rings is 2. The lowest BCUT2D eigenvalue weighted by molar-refractivity contribution is 0.0997. The van der Waals surface area contributed by atoms with Gasteiger partial charge in [-0.15, -0.1) is 0 Å². The Morgan fingerprint density at radius 1 is 1.18 bits per heavy atom. The highest BCUT2D eigenvalue weighted by Gasteiger charge is 2.28. The second-order valence-corrected chi connectivity index (χ2v) is 11.9. The Kier molecular flexibility index (Phi) is 6.88. The number of carbonyl (C=O) groups is 1. The molecule has 4 rings (SSSR count). The zero-order chi connectivity index (χ0) is 23.8. The molecule has 0 bridgehead atoms. The van der Waals surface area contributed by atoms with E-state index in [1.807, 2.05) is 0 Å². The number of hydrogen-bond acceptors (Lipinski definition) is 4. The van der Waals surface area contributed by atoms with Crippen LogP contribution in [0.15, 0.2) is 46.3 Å². The monoisotopic (exact) mass is 485 g/mol. The first-order valence-corrected chi connectivity index (χ1v) is 13.8. The van der Waals surface area contributed by atoms with Gasteiger partial charge in [0.2, 0.25) is 10.0 Å². The van der Waals surface area contributed by atoms with E-state index in [4.69, 9.17) is 0 Å². The summed E-state index contributed by atoms with van der Waals surface area (Å²) >= 11 is 1.52. The molecular formula is C25H31N3O3S2. The summed E-state index contributed by atoms with van der Waals surface area (Å²) in [7, 11) is -3.55. The van der Waals surface area contributed by atoms with Crippen molar-refractivity contribution in [2.24, 2.45) is 10.9 Å². The van der Waals surface area contributed by atoms with Gasteiger partial charge in [0.25, 0.3) is 5.91 Å². The zero-order valence-electron chi connectivity index (χ0n) is 19.7. The number of carbonyl (C=O) groups excluding carboxylic acids is 1. The molecule has 3 aromatic rings. The summed E-state index contributed by atoms with van der Waals surface area (Å²) in [4.78, 5) is 18.3. The van der Waals surface area contributed by atoms with E-state index in [1.165, 1.54) is 34.6 Å². The second-order valence-electron chi connectivity index (χ2n) is 9.02. The molecule has 0 aliphatic carbocycles. The summed E-state index contributed by atoms with van der Waals surface area (Å²) in [5.41, 5.74) is 3.84. The van der Waals surface area contributed by atoms with Crippen LogP contribution in [0, 0.1) is 19.8 Å². The van der Waals surface area contributed by atoms with Crippen LogP contribution in [0.25, 0.3) is 10.2 Å². The van der Waals surface area contributed by atoms with Crippen LogP contribution in [0.4, 0.5) is 0 Å². The molecule has 176 valence electrons. The van der Waals surface area contributed by atoms with Crippen molar-refractivity contribution in [3.05, 3.63) is 57.9 Å². The van der Waals surface area contributed by atoms with E-state index in [0.29, 0.717) is 29.4 Å². The van der Waals surface area contributed by atoms with Crippen molar-refractivity contribution < 1.29 is 13.2 Å². The summed E-state index contributed by atoms with van der Waals surface area (Å²) in [5, 5.41) is 0. The molecule has 1 saturated heterocycles. The van der Waals surface area contributed by atoms with E-state index < -0.39 is 10.0 Å². The quantitative estimate of drug-likeness (QED) is 0.516. The number of rotatable bonds is 5. The van der Waals surface area contributed by atoms with Crippen molar-refractivity contribution in [2.45, 2.75) is 58.4 Å². The molecule has 1 unspecified atom stereocenters. The fourth-order valence-corrected chi connectivity index (χ4v) is 7.18. The number of aryl methyl sites for hydroxylation is 3. The Balaban J connectivity index is 1.66. The van der Waals surface area contributed by atoms with E-state index in [2.05, 4.69) is 49.4 Å². The third kappa shape index (κ3) is 4.83. The SMILES string of the molecule is CCCn1c(=NC(=O)c2ccc(S(=O)(=O)N3CCCC(C)C3)cc2)sc2c(C)cc(C)cc21. The smallest absolute Gasteiger partial charge is 0.279 e. The lowest BCUT2D eigenvalue weighted by Crippen LogP contribution is -2.39. The average molecular weight is 486 g/mol. The largest absolute Gasteiger partial charge is 0.316 e. The molecule has 1 aromatic heterocycles. The van der Waals surface area contributed by atoms with Gasteiger partial charge in [0, 0.05) is 25.2 Å². The standard InChI is InChI=1S/C25H31N3O3S2/c1-5-12-28-22-15-18(3)14-19(4)23(22)32-25(28)26-24(29)20-8-10-21(11-9-20)33(30,31)27-13-6-7-17(2)16-27/h8-11,14-15,17H,5-7,12-13,16H2,1-4H3. The summed E-state index contributed by atoms with van der Waals surface area (Å²) in [6.45, 7) is 10.2. The third-order valence-electron chi connectivity index (χ3n) is 6.12. The molecule has 33 heavy (non-hydrogen) atoms. The van der Waals surface area contributed by atoms with Crippen LogP contribution in [-0.2, 0) is 16.6 Å². The maximum atomic E-state index is 13.0. The van der Waals surface area contributed by atoms with Crippen molar-refractivity contribution in [3.63, 3.8) is 0 Å². The third-order valence-corrected chi connectivity index (χ3v) is 9.23. The fourth-order valence-electron chi connectivity index (χ4n) is 4.47. The van der Waals surface area contributed by atoms with Crippen molar-refractivity contribution >= 4 is 37.5 Å². The molecule has 1 amide bonds. The minimum atomic E-state index is -3.55. The molecule has 6 nitrogen and oxygen atoms in total. The predicted molar refractivity (Wildman–Crippen MR) is 133 cm³/mol. The van der Waals surface area contributed by atoms with Gasteiger partial charge in [-0.2, -0.15) is 9.30 Å². The van der Waals surface area contributed by atoms with Crippen LogP contribution >= 0.6 is 11.3 Å². The minimum Gasteiger partial charge on any atom is -0.316 e. The summed E-state index contributed by atoms with van der Waals surface area (Å²) in [5.74, 6) is -0.00643. The second kappa shape index (κ2) is 9.52. The van der Waals surface area contributed by atoms with Crippen LogP contribution < -0.4 is 4.80 Å². The fraction of sp³-hybridized carbons (Fsp3) is 0.440. The van der Waals surface area contributed by atoms with Crippen LogP contribution in [-0.4, -0.2) is 36.3 Å². The van der Waals surface area contributed by atoms with Gasteiger partial charge in [0.15, 0.2) is 4.80 Å². The highest BCUT2D eigenvalue weighted by atomic mass is 32.2. The first-order chi connectivity index (χ1) is 15.7. The Labute approximate surface area is 199 Å². The van der Waals surface area contributed by atoms with E-state index in [9.17, 15) is 13.2 Å². The molecular weight excluding hydrogens is 454 g/mol. The molecule has 0 N–H and O–H groups in total. The molecule has 1 atom stereocenters. The minimum absolute atomic E-state index is 0.224. The van der Waals surface area contributed by atoms with Crippen LogP contribution in [0.5, 0.6) is 0 Å². The van der Waals surface area contributed by atoms with E-state index in [0.717, 1.165) is 36.0 Å². The normalized spacial score (nSPS) is 18.2. The highest BCUT2D eigenvalue weighted by molar-refractivity contribution is 7.89. The molecule has 1 aliphatic rings. The Morgan fingerprint density at radius 2 is 1.91 bits per heavy atom. The number of nitrogens with zero attached hydrogens (tertiary/aromatic N) is 3. The molecule has 0 spiro atoms. The number of sulfonamides is 1. The van der Waals surface area contributed by atoms with Gasteiger partial charge in [-0.25, -0.2) is 8.42 Å². The number of thiazole rings is 1. The number of aromatic nitrogens is 1. The highest BCUT2D eigenvalue weighted by Crippen LogP contribution is 2.25. The van der Waals surface area contributed by atoms with Crippen molar-refractivity contribution in [1.82, 2.24) is 8.87 Å². The first-order valence-electron chi connectivity index (χ1n) is 11.5. The number of hydrogen-bond donors (Lipinski definition) is 0. The lowest BCUT2D eigenvalue weighted by Gasteiger charge is -2.30. The zero-order valence-corrected chi connectivity index (χ0v) is 21.3. The number of fused-ring (bicyclic) bond motifs is 1. The van der Waals surface area contributed by atoms with Gasteiger partial charge < -0.3 is 4.57 Å². The number of amides is 1. The lowest BCUT2D eigenvalue weighted by atomic mass is 10.0. The first kappa shape index (κ1) is 23.9. The Bertz CT molecular complexity index is 1350. The van der Waals surface area contributed by atoms with E-state index in [1.54, 1.807) is 16.4 Å². The maximum absolute atomic E-state index is 13.0. The maximum Gasteiger partial charge on any atom is 0.279 e. The average Bonchev–Trinajstić information content (AvgIpc) is 3.11. The van der Waals surface area contributed by atoms with Crippen LogP contribution in [0.2, 0.25) is 0 Å². The number of piperidine rings is 1. The molecule has 8 heteroatoms. The summed E-state index contributed by atoms with van der Waals surface area (Å²) < 4.78 is 30.8. The van der Waals surface area contributed by atoms with Gasteiger partial charge in [0.05, 0.1) is 15.1 Å². The summed E-state index contributed by atoms with van der Waals surface area (Å²) in [6, 6.07) is 10.5. The molecule has 2 aromatic carbocycles. The van der Waals surface area contributed by atoms with Crippen molar-refractivity contribution in [3.8, 4) is 0 Å². The Morgan fingerprint density at radius 3 is 2.58 bits per heavy atom. The van der Waals surface area contributed by atoms with Crippen molar-refractivity contribution in [1.29, 1.82) is 0 Å². The van der Waals surface area contributed by atoms with Gasteiger partial charge in [-0.1, -0.05) is 31.3 Å². The van der Waals surface area contributed by atoms with Gasteiger partial charge in [-0.05, 0) is 80.5 Å². The van der Waals surface area contributed by atoms with Crippen molar-refractivity contribution in [2.75, 3.05) is 13.1 Å². The Hall–Kier alpha value is -2.29. The van der Waals surface area contributed by atoms with Gasteiger partial charge in [-0.3, -0.25) is 4.79 Å². The molecule has 2 heterocycles. The molecule has 0 radical (unpaired) electrons. The molecule has 1 fully saturated rings. The molecule has 1 aliphatic heterocycles. The van der Waals surface area contributed by atoms with E-state index in [-0.39, 0.29) is 10.8 Å². The topological polar surface area (TPSA) is 71.7 Å². The van der Waals surface area contributed by atoms with E-state index >= 15 is 0 Å². The summed E-state index contributed by atoms with van der Waals surface area (Å²) in [6.07, 6.45) is 2.86. The van der Waals surface area contributed by atoms with Crippen LogP contribution in [0.1, 0.15) is 54.6 Å². The van der Waals surface area contributed by atoms with Gasteiger partial charge >= 0.3 is 0 Å².